The molecule has 0 atom stereocenters. The summed E-state index contributed by atoms with van der Waals surface area (Å²) in [6.45, 7) is -0.820. The molecule has 1 aliphatic heterocycles. The molecular weight excluding hydrogens is 310 g/mol. The van der Waals surface area contributed by atoms with Crippen molar-refractivity contribution in [1.82, 2.24) is 4.90 Å². The first kappa shape index (κ1) is 10.9. The fourth-order valence-corrected chi connectivity index (χ4v) is 3.54. The monoisotopic (exact) mass is 315 g/mol. The van der Waals surface area contributed by atoms with Crippen molar-refractivity contribution in [3.63, 3.8) is 0 Å². The third-order valence-corrected chi connectivity index (χ3v) is 4.53. The van der Waals surface area contributed by atoms with Gasteiger partial charge in [-0.3, -0.25) is 0 Å². The Kier molecular flexibility index (Phi) is 3.66. The van der Waals surface area contributed by atoms with Gasteiger partial charge in [0, 0.05) is 0 Å². The molecule has 0 spiro atoms. The summed E-state index contributed by atoms with van der Waals surface area (Å²) in [7, 11) is 0. The molecule has 3 nitrogen and oxygen atoms in total. The molecule has 70 valence electrons. The van der Waals surface area contributed by atoms with E-state index in [1.807, 2.05) is 0 Å². The van der Waals surface area contributed by atoms with Crippen LogP contribution in [0.2, 0.25) is 0 Å². The van der Waals surface area contributed by atoms with E-state index in [4.69, 9.17) is 11.6 Å². The summed E-state index contributed by atoms with van der Waals surface area (Å²) in [5, 5.41) is 0. The molecule has 1 aliphatic rings. The fraction of sp³-hybridized carbons (Fsp3) is 0.333. The Labute approximate surface area is 87.9 Å². The molecule has 2 radical (unpaired) electrons. The molecule has 0 fully saturated rings. The van der Waals surface area contributed by atoms with E-state index in [1.54, 1.807) is 0 Å². The third-order valence-electron chi connectivity index (χ3n) is 1.31. The van der Waals surface area contributed by atoms with Crippen LogP contribution in [-0.4, -0.2) is 48.8 Å². The summed E-state index contributed by atoms with van der Waals surface area (Å²) >= 11 is 3.81. The standard InChI is InChI=1S/C6H4ClF2NO2.Sn/c7-2-1-6(12)10(4-11)3-5(8)9;/h1,5H,3H2;. The Bertz CT molecular complexity index is 282. The molecule has 0 saturated carbocycles. The number of rotatable bonds is 2. The van der Waals surface area contributed by atoms with Crippen LogP contribution in [0.4, 0.5) is 13.6 Å². The maximum absolute atomic E-state index is 11.9. The molecule has 0 aromatic heterocycles. The minimum atomic E-state index is -2.68. The molecule has 0 bridgehead atoms. The van der Waals surface area contributed by atoms with Crippen molar-refractivity contribution >= 4 is 42.6 Å². The SMILES string of the molecule is O=C1C=[C](Cl)[Sn][C](=O)N1CC(F)F. The van der Waals surface area contributed by atoms with E-state index in [2.05, 4.69) is 0 Å². The van der Waals surface area contributed by atoms with Crippen molar-refractivity contribution in [1.29, 1.82) is 0 Å². The molecule has 0 aliphatic carbocycles. The van der Waals surface area contributed by atoms with Crippen LogP contribution in [0.15, 0.2) is 9.12 Å². The van der Waals surface area contributed by atoms with Gasteiger partial charge in [0.1, 0.15) is 0 Å². The summed E-state index contributed by atoms with van der Waals surface area (Å²) < 4.78 is 23.5. The predicted octanol–water partition coefficient (Wildman–Crippen LogP) is 0.998. The first-order chi connectivity index (χ1) is 6.00. The molecule has 13 heavy (non-hydrogen) atoms. The number of imide groups is 1. The van der Waals surface area contributed by atoms with Crippen LogP contribution in [0.3, 0.4) is 0 Å². The number of hydrogen-bond donors (Lipinski definition) is 0. The van der Waals surface area contributed by atoms with Crippen molar-refractivity contribution in [2.24, 2.45) is 0 Å². The molecule has 7 heteroatoms. The second-order valence-corrected chi connectivity index (χ2v) is 7.05. The van der Waals surface area contributed by atoms with Crippen molar-refractivity contribution in [2.75, 3.05) is 6.54 Å². The Morgan fingerprint density at radius 3 is 2.62 bits per heavy atom. The van der Waals surface area contributed by atoms with Gasteiger partial charge in [0.25, 0.3) is 0 Å². The average molecular weight is 314 g/mol. The molecule has 0 unspecified atom stereocenters. The van der Waals surface area contributed by atoms with E-state index in [-0.39, 0.29) is 3.05 Å². The van der Waals surface area contributed by atoms with E-state index in [9.17, 15) is 18.4 Å². The topological polar surface area (TPSA) is 37.4 Å². The van der Waals surface area contributed by atoms with Gasteiger partial charge in [0.15, 0.2) is 0 Å². The van der Waals surface area contributed by atoms with Crippen LogP contribution >= 0.6 is 11.6 Å². The third kappa shape index (κ3) is 2.91. The molecule has 0 aromatic carbocycles. The maximum atomic E-state index is 11.9. The summed E-state index contributed by atoms with van der Waals surface area (Å²) in [5.41, 5.74) is 0. The number of nitrogens with zero attached hydrogens (tertiary/aromatic N) is 1. The van der Waals surface area contributed by atoms with Crippen LogP contribution in [-0.2, 0) is 4.79 Å². The van der Waals surface area contributed by atoms with Crippen molar-refractivity contribution < 1.29 is 18.4 Å². The van der Waals surface area contributed by atoms with Crippen LogP contribution < -0.4 is 0 Å². The molecule has 2 amide bonds. The Balaban J connectivity index is 2.75. The zero-order valence-electron chi connectivity index (χ0n) is 6.26. The van der Waals surface area contributed by atoms with Gasteiger partial charge in [-0.05, 0) is 0 Å². The minimum absolute atomic E-state index is 0.254. The van der Waals surface area contributed by atoms with Crippen molar-refractivity contribution in [2.45, 2.75) is 6.43 Å². The zero-order valence-corrected chi connectivity index (χ0v) is 9.87. The average Bonchev–Trinajstić information content (AvgIpc) is 1.96. The number of alkyl halides is 2. The van der Waals surface area contributed by atoms with Gasteiger partial charge in [-0.25, -0.2) is 0 Å². The van der Waals surface area contributed by atoms with Gasteiger partial charge in [-0.15, -0.1) is 0 Å². The van der Waals surface area contributed by atoms with E-state index in [0.29, 0.717) is 4.90 Å². The number of halogens is 3. The van der Waals surface area contributed by atoms with Crippen LogP contribution in [0.1, 0.15) is 0 Å². The van der Waals surface area contributed by atoms with Gasteiger partial charge in [0.05, 0.1) is 0 Å². The number of amides is 2. The quantitative estimate of drug-likeness (QED) is 0.713. The van der Waals surface area contributed by atoms with Gasteiger partial charge in [-0.1, -0.05) is 0 Å². The zero-order chi connectivity index (χ0) is 10.0. The molecular formula is C6H4ClF2NO2Sn. The summed E-state index contributed by atoms with van der Waals surface area (Å²) in [6, 6.07) is 0. The predicted molar refractivity (Wildman–Crippen MR) is 42.8 cm³/mol. The van der Waals surface area contributed by atoms with Gasteiger partial charge >= 0.3 is 87.9 Å². The number of hydrogen-bond acceptors (Lipinski definition) is 2. The van der Waals surface area contributed by atoms with Crippen LogP contribution in [0.25, 0.3) is 0 Å². The summed E-state index contributed by atoms with van der Waals surface area (Å²) in [4.78, 5) is 22.6. The number of carbonyl (C=O) groups is 2. The molecule has 0 N–H and O–H groups in total. The second-order valence-electron chi connectivity index (χ2n) is 2.26. The Hall–Kier alpha value is -0.171. The van der Waals surface area contributed by atoms with Gasteiger partial charge in [0.2, 0.25) is 0 Å². The number of carbonyl (C=O) groups excluding carboxylic acids is 2. The molecule has 1 rings (SSSR count). The first-order valence-corrected chi connectivity index (χ1v) is 6.51. The van der Waals surface area contributed by atoms with E-state index in [1.165, 1.54) is 0 Å². The van der Waals surface area contributed by atoms with Crippen molar-refractivity contribution in [3.05, 3.63) is 9.12 Å². The fourth-order valence-electron chi connectivity index (χ4n) is 0.803. The van der Waals surface area contributed by atoms with Crippen molar-refractivity contribution in [3.8, 4) is 0 Å². The van der Waals surface area contributed by atoms with E-state index in [0.717, 1.165) is 6.08 Å². The molecule has 1 heterocycles. The Morgan fingerprint density at radius 2 is 2.15 bits per heavy atom. The van der Waals surface area contributed by atoms with E-state index >= 15 is 0 Å². The van der Waals surface area contributed by atoms with Gasteiger partial charge < -0.3 is 0 Å². The first-order valence-electron chi connectivity index (χ1n) is 3.28. The summed E-state index contributed by atoms with van der Waals surface area (Å²) in [5.74, 6) is -0.734. The second kappa shape index (κ2) is 4.36. The van der Waals surface area contributed by atoms with Crippen LogP contribution in [0, 0.1) is 0 Å². The molecule has 0 aromatic rings. The van der Waals surface area contributed by atoms with Gasteiger partial charge in [-0.2, -0.15) is 0 Å². The summed E-state index contributed by atoms with van der Waals surface area (Å²) in [6.07, 6.45) is -1.63. The Morgan fingerprint density at radius 1 is 1.54 bits per heavy atom. The van der Waals surface area contributed by atoms with Crippen LogP contribution in [0.5, 0.6) is 0 Å². The van der Waals surface area contributed by atoms with E-state index < -0.39 is 43.9 Å². The molecule has 0 saturated heterocycles. The normalized spacial score (nSPS) is 18.2.